The molecule has 1 saturated heterocycles. The maximum Gasteiger partial charge on any atom is 0.338 e. The number of amides is 2. The molecule has 9 nitrogen and oxygen atoms in total. The molecule has 0 radical (unpaired) electrons. The molecule has 2 aliphatic rings. The second-order valence-electron chi connectivity index (χ2n) is 7.78. The van der Waals surface area contributed by atoms with E-state index in [1.807, 2.05) is 0 Å². The highest BCUT2D eigenvalue weighted by Gasteiger charge is 2.36. The number of hydrogen-bond donors (Lipinski definition) is 2. The topological polar surface area (TPSA) is 98.4 Å². The number of rotatable bonds is 8. The summed E-state index contributed by atoms with van der Waals surface area (Å²) in [5, 5.41) is 5.71. The van der Waals surface area contributed by atoms with Crippen LogP contribution in [0.3, 0.4) is 0 Å². The number of esters is 1. The summed E-state index contributed by atoms with van der Waals surface area (Å²) < 4.78 is 21.8. The standard InChI is InChI=1S/C23H33N3O6/c1-5-32-22(27)20-16(14-26-10-8-6-7-9-11-26)24-23(28)25-21(20)15-12-18(30-3)19(31-4)13-17(15)29-2/h12-13,21H,5-11,14H2,1-4H3,(H2,24,25,28)/t21-/m1/s1. The number of ether oxygens (including phenoxy) is 4. The number of methoxy groups -OCH3 is 3. The van der Waals surface area contributed by atoms with Crippen LogP contribution in [0.2, 0.25) is 0 Å². The van der Waals surface area contributed by atoms with Crippen molar-refractivity contribution in [3.05, 3.63) is 29.0 Å². The molecule has 2 heterocycles. The first-order chi connectivity index (χ1) is 15.5. The Morgan fingerprint density at radius 3 is 2.22 bits per heavy atom. The van der Waals surface area contributed by atoms with Crippen molar-refractivity contribution < 1.29 is 28.5 Å². The minimum absolute atomic E-state index is 0.225. The molecule has 1 aromatic rings. The average Bonchev–Trinajstić information content (AvgIpc) is 3.06. The second kappa shape index (κ2) is 11.1. The first-order valence-corrected chi connectivity index (χ1v) is 11.0. The van der Waals surface area contributed by atoms with Gasteiger partial charge < -0.3 is 29.6 Å². The zero-order valence-corrected chi connectivity index (χ0v) is 19.3. The van der Waals surface area contributed by atoms with Gasteiger partial charge in [0.25, 0.3) is 0 Å². The molecule has 1 aromatic carbocycles. The predicted octanol–water partition coefficient (Wildman–Crippen LogP) is 2.76. The summed E-state index contributed by atoms with van der Waals surface area (Å²) in [6.45, 7) is 4.30. The first kappa shape index (κ1) is 23.7. The molecule has 1 atom stereocenters. The molecule has 0 saturated carbocycles. The van der Waals surface area contributed by atoms with Crippen LogP contribution < -0.4 is 24.8 Å². The zero-order valence-electron chi connectivity index (χ0n) is 19.3. The van der Waals surface area contributed by atoms with E-state index < -0.39 is 12.0 Å². The predicted molar refractivity (Wildman–Crippen MR) is 119 cm³/mol. The second-order valence-corrected chi connectivity index (χ2v) is 7.78. The van der Waals surface area contributed by atoms with Gasteiger partial charge in [-0.2, -0.15) is 0 Å². The number of nitrogens with one attached hydrogen (secondary N) is 2. The van der Waals surface area contributed by atoms with E-state index in [1.165, 1.54) is 34.2 Å². The molecule has 1 fully saturated rings. The Hall–Kier alpha value is -2.94. The molecule has 32 heavy (non-hydrogen) atoms. The lowest BCUT2D eigenvalue weighted by atomic mass is 9.93. The van der Waals surface area contributed by atoms with Crippen LogP contribution in [0.5, 0.6) is 17.2 Å². The van der Waals surface area contributed by atoms with Crippen LogP contribution in [0.15, 0.2) is 23.4 Å². The maximum absolute atomic E-state index is 13.1. The molecule has 2 aliphatic heterocycles. The van der Waals surface area contributed by atoms with Gasteiger partial charge in [-0.05, 0) is 38.9 Å². The monoisotopic (exact) mass is 447 g/mol. The van der Waals surface area contributed by atoms with E-state index in [0.29, 0.717) is 40.6 Å². The highest BCUT2D eigenvalue weighted by molar-refractivity contribution is 5.95. The van der Waals surface area contributed by atoms with Crippen molar-refractivity contribution in [1.29, 1.82) is 0 Å². The van der Waals surface area contributed by atoms with Gasteiger partial charge in [0.1, 0.15) is 5.75 Å². The van der Waals surface area contributed by atoms with Gasteiger partial charge in [0.2, 0.25) is 0 Å². The fourth-order valence-electron chi connectivity index (χ4n) is 4.22. The Morgan fingerprint density at radius 2 is 1.62 bits per heavy atom. The highest BCUT2D eigenvalue weighted by Crippen LogP contribution is 2.41. The fourth-order valence-corrected chi connectivity index (χ4v) is 4.22. The molecule has 0 aliphatic carbocycles. The lowest BCUT2D eigenvalue weighted by Gasteiger charge is -2.32. The summed E-state index contributed by atoms with van der Waals surface area (Å²) >= 11 is 0. The Morgan fingerprint density at radius 1 is 1.00 bits per heavy atom. The third kappa shape index (κ3) is 5.27. The normalized spacial score (nSPS) is 19.5. The summed E-state index contributed by atoms with van der Waals surface area (Å²) in [4.78, 5) is 28.0. The molecule has 0 bridgehead atoms. The molecule has 0 spiro atoms. The summed E-state index contributed by atoms with van der Waals surface area (Å²) in [5.74, 6) is 0.936. The largest absolute Gasteiger partial charge is 0.496 e. The zero-order chi connectivity index (χ0) is 23.1. The molecule has 9 heteroatoms. The van der Waals surface area contributed by atoms with Crippen molar-refractivity contribution in [3.63, 3.8) is 0 Å². The van der Waals surface area contributed by atoms with Crippen LogP contribution in [0.1, 0.15) is 44.2 Å². The van der Waals surface area contributed by atoms with E-state index in [2.05, 4.69) is 15.5 Å². The van der Waals surface area contributed by atoms with Crippen LogP contribution in [0, 0.1) is 0 Å². The molecule has 2 amide bonds. The first-order valence-electron chi connectivity index (χ1n) is 11.0. The van der Waals surface area contributed by atoms with E-state index in [1.54, 1.807) is 19.1 Å². The van der Waals surface area contributed by atoms with Crippen LogP contribution in [0.25, 0.3) is 0 Å². The lowest BCUT2D eigenvalue weighted by Crippen LogP contribution is -2.48. The summed E-state index contributed by atoms with van der Waals surface area (Å²) in [5.41, 5.74) is 1.49. The van der Waals surface area contributed by atoms with Crippen LogP contribution in [-0.2, 0) is 9.53 Å². The van der Waals surface area contributed by atoms with Gasteiger partial charge in [-0.15, -0.1) is 0 Å². The molecule has 176 valence electrons. The fraction of sp³-hybridized carbons (Fsp3) is 0.565. The van der Waals surface area contributed by atoms with Gasteiger partial charge in [-0.1, -0.05) is 12.8 Å². The molecular weight excluding hydrogens is 414 g/mol. The molecule has 3 rings (SSSR count). The van der Waals surface area contributed by atoms with Crippen molar-refractivity contribution in [2.75, 3.05) is 47.6 Å². The van der Waals surface area contributed by atoms with Gasteiger partial charge in [-0.25, -0.2) is 9.59 Å². The number of carbonyl (C=O) groups is 2. The van der Waals surface area contributed by atoms with E-state index in [-0.39, 0.29) is 12.6 Å². The molecule has 0 aromatic heterocycles. The van der Waals surface area contributed by atoms with Crippen molar-refractivity contribution in [2.24, 2.45) is 0 Å². The van der Waals surface area contributed by atoms with Crippen molar-refractivity contribution in [1.82, 2.24) is 15.5 Å². The Balaban J connectivity index is 2.09. The van der Waals surface area contributed by atoms with Crippen LogP contribution in [-0.4, -0.2) is 64.5 Å². The third-order valence-corrected chi connectivity index (χ3v) is 5.78. The number of hydrogen-bond acceptors (Lipinski definition) is 7. The molecular formula is C23H33N3O6. The van der Waals surface area contributed by atoms with Gasteiger partial charge in [0, 0.05) is 23.9 Å². The van der Waals surface area contributed by atoms with E-state index >= 15 is 0 Å². The third-order valence-electron chi connectivity index (χ3n) is 5.78. The summed E-state index contributed by atoms with van der Waals surface area (Å²) in [6, 6.07) is 2.25. The number of likely N-dealkylation sites (tertiary alicyclic amines) is 1. The Bertz CT molecular complexity index is 862. The van der Waals surface area contributed by atoms with Crippen molar-refractivity contribution >= 4 is 12.0 Å². The number of nitrogens with zero attached hydrogens (tertiary/aromatic N) is 1. The van der Waals surface area contributed by atoms with E-state index in [0.717, 1.165) is 25.9 Å². The van der Waals surface area contributed by atoms with Crippen LogP contribution in [0.4, 0.5) is 4.79 Å². The van der Waals surface area contributed by atoms with E-state index in [4.69, 9.17) is 18.9 Å². The lowest BCUT2D eigenvalue weighted by molar-refractivity contribution is -0.139. The quantitative estimate of drug-likeness (QED) is 0.591. The summed E-state index contributed by atoms with van der Waals surface area (Å²) in [6.07, 6.45) is 4.58. The van der Waals surface area contributed by atoms with Crippen LogP contribution >= 0.6 is 0 Å². The van der Waals surface area contributed by atoms with Gasteiger partial charge in [0.15, 0.2) is 11.5 Å². The van der Waals surface area contributed by atoms with Gasteiger partial charge in [-0.3, -0.25) is 4.90 Å². The SMILES string of the molecule is CCOC(=O)C1=C(CN2CCCCCC2)NC(=O)N[C@@H]1c1cc(OC)c(OC)cc1OC. The van der Waals surface area contributed by atoms with Crippen molar-refractivity contribution in [2.45, 2.75) is 38.6 Å². The van der Waals surface area contributed by atoms with Crippen molar-refractivity contribution in [3.8, 4) is 17.2 Å². The minimum atomic E-state index is -0.764. The molecule has 2 N–H and O–H groups in total. The van der Waals surface area contributed by atoms with Gasteiger partial charge >= 0.3 is 12.0 Å². The van der Waals surface area contributed by atoms with Gasteiger partial charge in [0.05, 0.1) is 39.6 Å². The average molecular weight is 448 g/mol. The number of urea groups is 1. The maximum atomic E-state index is 13.1. The van der Waals surface area contributed by atoms with E-state index in [9.17, 15) is 9.59 Å². The minimum Gasteiger partial charge on any atom is -0.496 e. The number of benzene rings is 1. The highest BCUT2D eigenvalue weighted by atomic mass is 16.5. The summed E-state index contributed by atoms with van der Waals surface area (Å²) in [7, 11) is 4.59. The smallest absolute Gasteiger partial charge is 0.338 e. The molecule has 0 unspecified atom stereocenters. The Labute approximate surface area is 189 Å². The number of carbonyl (C=O) groups excluding carboxylic acids is 2. The Kier molecular flexibility index (Phi) is 8.21.